The largest absolute Gasteiger partial charge is 0.508 e. The molecule has 3 fully saturated rings. The Morgan fingerprint density at radius 3 is 2.60 bits per heavy atom. The van der Waals surface area contributed by atoms with Crippen LogP contribution in [0.3, 0.4) is 0 Å². The number of hydrogen-bond donors (Lipinski definition) is 2. The lowest BCUT2D eigenvalue weighted by molar-refractivity contribution is -0.186. The van der Waals surface area contributed by atoms with Gasteiger partial charge in [-0.2, -0.15) is 0 Å². The first kappa shape index (κ1) is 19.6. The van der Waals surface area contributed by atoms with E-state index in [1.807, 2.05) is 13.8 Å². The van der Waals surface area contributed by atoms with E-state index in [1.54, 1.807) is 18.2 Å². The molecule has 0 heterocycles. The third-order valence-corrected chi connectivity index (χ3v) is 5.42. The second kappa shape index (κ2) is 7.26. The Hall–Kier alpha value is -1.72. The lowest BCUT2D eigenvalue weighted by Gasteiger charge is -2.54. The van der Waals surface area contributed by atoms with Crippen molar-refractivity contribution >= 4 is 11.6 Å². The van der Waals surface area contributed by atoms with Gasteiger partial charge in [-0.1, -0.05) is 31.6 Å². The SMILES string of the molecule is C/C=C/C=C/C(O)=C1\C(=O)[C@]2(C)C(=O)C(C)(O)C1CC2OCCCC. The fourth-order valence-electron chi connectivity index (χ4n) is 3.84. The second-order valence-electron chi connectivity index (χ2n) is 7.19. The van der Waals surface area contributed by atoms with Crippen molar-refractivity contribution in [1.82, 2.24) is 0 Å². The summed E-state index contributed by atoms with van der Waals surface area (Å²) in [5.41, 5.74) is -3.03. The summed E-state index contributed by atoms with van der Waals surface area (Å²) in [5.74, 6) is -1.92. The molecule has 0 aromatic rings. The van der Waals surface area contributed by atoms with Crippen molar-refractivity contribution in [2.24, 2.45) is 11.3 Å². The molecular formula is C20H28O5. The Morgan fingerprint density at radius 2 is 2.00 bits per heavy atom. The summed E-state index contributed by atoms with van der Waals surface area (Å²) in [6, 6.07) is 0. The van der Waals surface area contributed by atoms with Crippen LogP contribution < -0.4 is 0 Å². The average molecular weight is 348 g/mol. The van der Waals surface area contributed by atoms with Crippen molar-refractivity contribution in [1.29, 1.82) is 0 Å². The lowest BCUT2D eigenvalue weighted by atomic mass is 9.50. The minimum absolute atomic E-state index is 0.128. The molecule has 3 aliphatic carbocycles. The number of hydrogen-bond acceptors (Lipinski definition) is 5. The molecule has 0 aromatic carbocycles. The predicted octanol–water partition coefficient (Wildman–Crippen LogP) is 3.05. The van der Waals surface area contributed by atoms with Gasteiger partial charge in [0.15, 0.2) is 11.6 Å². The fraction of sp³-hybridized carbons (Fsp3) is 0.600. The summed E-state index contributed by atoms with van der Waals surface area (Å²) < 4.78 is 5.83. The molecule has 5 nitrogen and oxygen atoms in total. The maximum absolute atomic E-state index is 13.0. The number of unbranched alkanes of at least 4 members (excludes halogenated alkanes) is 1. The van der Waals surface area contributed by atoms with Crippen molar-refractivity contribution in [3.05, 3.63) is 35.6 Å². The first-order valence-electron chi connectivity index (χ1n) is 8.89. The van der Waals surface area contributed by atoms with E-state index in [9.17, 15) is 19.8 Å². The molecule has 3 saturated carbocycles. The Labute approximate surface area is 149 Å². The number of ether oxygens (including phenoxy) is 1. The Bertz CT molecular complexity index is 640. The summed E-state index contributed by atoms with van der Waals surface area (Å²) in [4.78, 5) is 25.9. The maximum Gasteiger partial charge on any atom is 0.180 e. The van der Waals surface area contributed by atoms with Crippen molar-refractivity contribution in [3.63, 3.8) is 0 Å². The first-order chi connectivity index (χ1) is 11.7. The first-order valence-corrected chi connectivity index (χ1v) is 8.89. The van der Waals surface area contributed by atoms with Gasteiger partial charge in [0.25, 0.3) is 0 Å². The van der Waals surface area contributed by atoms with E-state index in [1.165, 1.54) is 19.9 Å². The van der Waals surface area contributed by atoms with Crippen molar-refractivity contribution in [2.75, 3.05) is 6.61 Å². The van der Waals surface area contributed by atoms with Crippen LogP contribution in [0.25, 0.3) is 0 Å². The van der Waals surface area contributed by atoms with Gasteiger partial charge < -0.3 is 14.9 Å². The van der Waals surface area contributed by atoms with Crippen LogP contribution in [0.2, 0.25) is 0 Å². The Kier molecular flexibility index (Phi) is 5.69. The van der Waals surface area contributed by atoms with Crippen LogP contribution in [0, 0.1) is 11.3 Å². The molecule has 138 valence electrons. The van der Waals surface area contributed by atoms with Gasteiger partial charge in [-0.15, -0.1) is 0 Å². The van der Waals surface area contributed by atoms with E-state index in [-0.39, 0.29) is 11.3 Å². The molecule has 3 aliphatic rings. The molecule has 3 unspecified atom stereocenters. The van der Waals surface area contributed by atoms with Gasteiger partial charge in [0.05, 0.1) is 6.10 Å². The number of ketones is 2. The number of carbonyl (C=O) groups excluding carboxylic acids is 2. The predicted molar refractivity (Wildman–Crippen MR) is 95.1 cm³/mol. The van der Waals surface area contributed by atoms with Crippen LogP contribution >= 0.6 is 0 Å². The highest BCUT2D eigenvalue weighted by Crippen LogP contribution is 2.54. The molecule has 5 heteroatoms. The van der Waals surface area contributed by atoms with E-state index in [0.717, 1.165) is 12.8 Å². The Morgan fingerprint density at radius 1 is 1.32 bits per heavy atom. The highest BCUT2D eigenvalue weighted by molar-refractivity contribution is 6.21. The molecule has 3 rings (SSSR count). The molecule has 0 aliphatic heterocycles. The lowest BCUT2D eigenvalue weighted by Crippen LogP contribution is -2.69. The molecule has 2 bridgehead atoms. The zero-order valence-electron chi connectivity index (χ0n) is 15.4. The zero-order chi connectivity index (χ0) is 18.8. The molecule has 0 aromatic heterocycles. The third-order valence-electron chi connectivity index (χ3n) is 5.42. The molecule has 0 spiro atoms. The minimum Gasteiger partial charge on any atom is -0.508 e. The van der Waals surface area contributed by atoms with Crippen LogP contribution in [0.5, 0.6) is 0 Å². The molecule has 2 N–H and O–H groups in total. The van der Waals surface area contributed by atoms with E-state index in [2.05, 4.69) is 0 Å². The minimum atomic E-state index is -1.69. The number of rotatable bonds is 6. The Balaban J connectivity index is 2.46. The molecular weight excluding hydrogens is 320 g/mol. The van der Waals surface area contributed by atoms with Crippen LogP contribution in [-0.4, -0.2) is 40.1 Å². The van der Waals surface area contributed by atoms with Crippen LogP contribution in [0.1, 0.15) is 47.0 Å². The van der Waals surface area contributed by atoms with E-state index >= 15 is 0 Å². The summed E-state index contributed by atoms with van der Waals surface area (Å²) in [5, 5.41) is 21.2. The van der Waals surface area contributed by atoms with Crippen LogP contribution in [0.4, 0.5) is 0 Å². The maximum atomic E-state index is 13.0. The number of allylic oxidation sites excluding steroid dienone is 4. The van der Waals surface area contributed by atoms with Gasteiger partial charge in [-0.3, -0.25) is 9.59 Å². The quantitative estimate of drug-likeness (QED) is 0.253. The molecule has 0 saturated heterocycles. The van der Waals surface area contributed by atoms with Crippen molar-refractivity contribution < 1.29 is 24.5 Å². The summed E-state index contributed by atoms with van der Waals surface area (Å²) in [6.07, 6.45) is 8.12. The summed E-state index contributed by atoms with van der Waals surface area (Å²) in [6.45, 7) is 7.30. The van der Waals surface area contributed by atoms with Gasteiger partial charge in [0, 0.05) is 18.1 Å². The summed E-state index contributed by atoms with van der Waals surface area (Å²) in [7, 11) is 0. The smallest absolute Gasteiger partial charge is 0.180 e. The van der Waals surface area contributed by atoms with Crippen molar-refractivity contribution in [3.8, 4) is 0 Å². The highest BCUT2D eigenvalue weighted by atomic mass is 16.5. The van der Waals surface area contributed by atoms with E-state index in [4.69, 9.17) is 4.74 Å². The fourth-order valence-corrected chi connectivity index (χ4v) is 3.84. The number of aliphatic hydroxyl groups excluding tert-OH is 1. The second-order valence-corrected chi connectivity index (χ2v) is 7.19. The molecule has 4 atom stereocenters. The van der Waals surface area contributed by atoms with Gasteiger partial charge in [-0.05, 0) is 39.7 Å². The van der Waals surface area contributed by atoms with Gasteiger partial charge in [0.2, 0.25) is 0 Å². The number of fused-ring (bicyclic) bond motifs is 3. The van der Waals surface area contributed by atoms with Gasteiger partial charge >= 0.3 is 0 Å². The molecule has 25 heavy (non-hydrogen) atoms. The monoisotopic (exact) mass is 348 g/mol. The van der Waals surface area contributed by atoms with E-state index in [0.29, 0.717) is 13.0 Å². The number of carbonyl (C=O) groups is 2. The zero-order valence-corrected chi connectivity index (χ0v) is 15.4. The normalized spacial score (nSPS) is 37.5. The van der Waals surface area contributed by atoms with Crippen LogP contribution in [-0.2, 0) is 14.3 Å². The van der Waals surface area contributed by atoms with Gasteiger partial charge in [0.1, 0.15) is 16.8 Å². The molecule has 0 amide bonds. The van der Waals surface area contributed by atoms with Gasteiger partial charge in [-0.25, -0.2) is 0 Å². The summed E-state index contributed by atoms with van der Waals surface area (Å²) >= 11 is 0. The van der Waals surface area contributed by atoms with E-state index < -0.39 is 34.6 Å². The topological polar surface area (TPSA) is 83.8 Å². The average Bonchev–Trinajstić information content (AvgIpc) is 2.56. The van der Waals surface area contributed by atoms with Crippen LogP contribution in [0.15, 0.2) is 35.6 Å². The number of Topliss-reactive ketones (excluding diaryl/α,β-unsaturated/α-hetero) is 2. The highest BCUT2D eigenvalue weighted by Gasteiger charge is 2.68. The third kappa shape index (κ3) is 3.11. The standard InChI is InChI=1S/C20H28O5/c1-5-7-9-10-14(21)16-13-12-15(25-11-8-6-2)19(3,17(16)22)18(23)20(13,4)24/h5,7,9-10,13,15,21,24H,6,8,11-12H2,1-4H3/b7-5+,10-9+,16-14+/t13?,15?,19-,20?/m1/s1. The van der Waals surface area contributed by atoms with Crippen molar-refractivity contribution in [2.45, 2.75) is 58.7 Å². The number of aliphatic hydroxyl groups is 2. The molecule has 0 radical (unpaired) electrons.